The van der Waals surface area contributed by atoms with Crippen LogP contribution in [0.5, 0.6) is 0 Å². The van der Waals surface area contributed by atoms with Gasteiger partial charge in [0.25, 0.3) is 0 Å². The van der Waals surface area contributed by atoms with E-state index < -0.39 is 0 Å². The molecule has 4 heteroatoms. The predicted octanol–water partition coefficient (Wildman–Crippen LogP) is 1.21. The van der Waals surface area contributed by atoms with Crippen LogP contribution in [0.3, 0.4) is 0 Å². The summed E-state index contributed by atoms with van der Waals surface area (Å²) in [6.45, 7) is 1.55. The first-order valence-electron chi connectivity index (χ1n) is 4.91. The highest BCUT2D eigenvalue weighted by atomic mass is 32.1. The van der Waals surface area contributed by atoms with Crippen LogP contribution in [0.15, 0.2) is 23.6 Å². The Morgan fingerprint density at radius 3 is 3.07 bits per heavy atom. The molecule has 1 aromatic heterocycles. The summed E-state index contributed by atoms with van der Waals surface area (Å²) >= 11 is 1.61. The summed E-state index contributed by atoms with van der Waals surface area (Å²) in [5.74, 6) is 0.317. The number of hydrogen-bond donors (Lipinski definition) is 1. The summed E-state index contributed by atoms with van der Waals surface area (Å²) in [7, 11) is 0. The van der Waals surface area contributed by atoms with Gasteiger partial charge in [0.05, 0.1) is 0 Å². The molecule has 1 aliphatic heterocycles. The van der Waals surface area contributed by atoms with E-state index in [4.69, 9.17) is 5.11 Å². The van der Waals surface area contributed by atoms with Gasteiger partial charge in [-0.1, -0.05) is 6.07 Å². The van der Waals surface area contributed by atoms with Crippen molar-refractivity contribution in [3.05, 3.63) is 28.5 Å². The number of nitrogens with zero attached hydrogens (tertiary/aromatic N) is 1. The monoisotopic (exact) mass is 223 g/mol. The summed E-state index contributed by atoms with van der Waals surface area (Å²) < 4.78 is 0. The van der Waals surface area contributed by atoms with Crippen LogP contribution in [0.2, 0.25) is 0 Å². The van der Waals surface area contributed by atoms with E-state index in [1.54, 1.807) is 22.3 Å². The van der Waals surface area contributed by atoms with Crippen molar-refractivity contribution < 1.29 is 9.90 Å². The third-order valence-electron chi connectivity index (χ3n) is 2.46. The quantitative estimate of drug-likeness (QED) is 0.782. The summed E-state index contributed by atoms with van der Waals surface area (Å²) in [4.78, 5) is 14.4. The van der Waals surface area contributed by atoms with Crippen molar-refractivity contribution in [1.29, 1.82) is 0 Å². The molecule has 0 aromatic carbocycles. The molecule has 0 saturated carbocycles. The minimum atomic E-state index is 0.0353. The summed E-state index contributed by atoms with van der Waals surface area (Å²) in [6, 6.07) is 3.93. The highest BCUT2D eigenvalue weighted by molar-refractivity contribution is 7.10. The molecule has 80 valence electrons. The van der Waals surface area contributed by atoms with Crippen LogP contribution >= 0.6 is 11.3 Å². The third-order valence-corrected chi connectivity index (χ3v) is 3.30. The second-order valence-corrected chi connectivity index (χ2v) is 4.62. The van der Waals surface area contributed by atoms with Crippen LogP contribution in [0.1, 0.15) is 4.88 Å². The van der Waals surface area contributed by atoms with Crippen LogP contribution in [-0.2, 0) is 4.79 Å². The second-order valence-electron chi connectivity index (χ2n) is 3.64. The van der Waals surface area contributed by atoms with Gasteiger partial charge in [0.1, 0.15) is 0 Å². The van der Waals surface area contributed by atoms with Crippen molar-refractivity contribution in [1.82, 2.24) is 4.90 Å². The lowest BCUT2D eigenvalue weighted by molar-refractivity contribution is -0.132. The van der Waals surface area contributed by atoms with Gasteiger partial charge in [-0.3, -0.25) is 4.79 Å². The zero-order valence-corrected chi connectivity index (χ0v) is 9.11. The SMILES string of the molecule is O=C(C=Cc1cccs1)N1CC(CO)C1. The van der Waals surface area contributed by atoms with Gasteiger partial charge in [-0.25, -0.2) is 0 Å². The zero-order valence-electron chi connectivity index (χ0n) is 8.30. The second kappa shape index (κ2) is 4.59. The Hall–Kier alpha value is -1.13. The number of hydrogen-bond acceptors (Lipinski definition) is 3. The van der Waals surface area contributed by atoms with Crippen LogP contribution in [0.25, 0.3) is 6.08 Å². The van der Waals surface area contributed by atoms with Gasteiger partial charge >= 0.3 is 0 Å². The molecule has 1 N–H and O–H groups in total. The summed E-state index contributed by atoms with van der Waals surface area (Å²) in [5.41, 5.74) is 0. The van der Waals surface area contributed by atoms with Gasteiger partial charge < -0.3 is 10.0 Å². The van der Waals surface area contributed by atoms with Crippen molar-refractivity contribution in [3.8, 4) is 0 Å². The van der Waals surface area contributed by atoms with Crippen molar-refractivity contribution in [2.45, 2.75) is 0 Å². The molecule has 3 nitrogen and oxygen atoms in total. The molecule has 0 aliphatic carbocycles. The standard InChI is InChI=1S/C11H13NO2S/c13-8-9-6-12(7-9)11(14)4-3-10-2-1-5-15-10/h1-5,9,13H,6-8H2. The largest absolute Gasteiger partial charge is 0.396 e. The van der Waals surface area contributed by atoms with Crippen molar-refractivity contribution >= 4 is 23.3 Å². The van der Waals surface area contributed by atoms with Gasteiger partial charge in [-0.15, -0.1) is 11.3 Å². The van der Waals surface area contributed by atoms with E-state index in [0.717, 1.165) is 4.88 Å². The maximum atomic E-state index is 11.5. The number of amides is 1. The van der Waals surface area contributed by atoms with Crippen molar-refractivity contribution in [2.75, 3.05) is 19.7 Å². The van der Waals surface area contributed by atoms with Crippen molar-refractivity contribution in [3.63, 3.8) is 0 Å². The number of rotatable bonds is 3. The Bertz CT molecular complexity index is 353. The normalized spacial score (nSPS) is 17.0. The average molecular weight is 223 g/mol. The molecule has 0 atom stereocenters. The Balaban J connectivity index is 1.83. The maximum Gasteiger partial charge on any atom is 0.246 e. The van der Waals surface area contributed by atoms with Gasteiger partial charge in [-0.2, -0.15) is 0 Å². The first-order valence-corrected chi connectivity index (χ1v) is 5.79. The van der Waals surface area contributed by atoms with E-state index in [9.17, 15) is 4.79 Å². The van der Waals surface area contributed by atoms with E-state index in [-0.39, 0.29) is 18.4 Å². The molecule has 0 bridgehead atoms. The van der Waals surface area contributed by atoms with E-state index in [2.05, 4.69) is 0 Å². The number of thiophene rings is 1. The van der Waals surface area contributed by atoms with E-state index in [1.807, 2.05) is 23.6 Å². The Labute approximate surface area is 92.6 Å². The van der Waals surface area contributed by atoms with Crippen LogP contribution in [-0.4, -0.2) is 35.6 Å². The number of likely N-dealkylation sites (tertiary alicyclic amines) is 1. The molecule has 2 heterocycles. The smallest absolute Gasteiger partial charge is 0.246 e. The molecule has 15 heavy (non-hydrogen) atoms. The number of carbonyl (C=O) groups is 1. The van der Waals surface area contributed by atoms with E-state index in [0.29, 0.717) is 13.1 Å². The summed E-state index contributed by atoms with van der Waals surface area (Å²) in [5, 5.41) is 10.8. The Kier molecular flexibility index (Phi) is 3.18. The lowest BCUT2D eigenvalue weighted by Gasteiger charge is -2.37. The van der Waals surface area contributed by atoms with E-state index >= 15 is 0 Å². The minimum Gasteiger partial charge on any atom is -0.396 e. The molecule has 0 unspecified atom stereocenters. The highest BCUT2D eigenvalue weighted by Gasteiger charge is 2.28. The molecular formula is C11H13NO2S. The van der Waals surface area contributed by atoms with Gasteiger partial charge in [-0.05, 0) is 17.5 Å². The van der Waals surface area contributed by atoms with Crippen molar-refractivity contribution in [2.24, 2.45) is 5.92 Å². The van der Waals surface area contributed by atoms with Gasteiger partial charge in [0.15, 0.2) is 0 Å². The van der Waals surface area contributed by atoms with E-state index in [1.165, 1.54) is 0 Å². The number of carbonyl (C=O) groups excluding carboxylic acids is 1. The number of aliphatic hydroxyl groups is 1. The molecule has 1 aromatic rings. The van der Waals surface area contributed by atoms with Crippen LogP contribution in [0, 0.1) is 5.92 Å². The molecule has 2 rings (SSSR count). The molecule has 1 saturated heterocycles. The molecule has 1 aliphatic rings. The fourth-order valence-electron chi connectivity index (χ4n) is 1.51. The highest BCUT2D eigenvalue weighted by Crippen LogP contribution is 2.16. The first-order chi connectivity index (χ1) is 7.29. The molecule has 1 fully saturated rings. The minimum absolute atomic E-state index is 0.0353. The molecule has 1 amide bonds. The van der Waals surface area contributed by atoms with Gasteiger partial charge in [0.2, 0.25) is 5.91 Å². The zero-order chi connectivity index (χ0) is 10.7. The fraction of sp³-hybridized carbons (Fsp3) is 0.364. The number of aliphatic hydroxyl groups excluding tert-OH is 1. The molecule has 0 spiro atoms. The van der Waals surface area contributed by atoms with Crippen LogP contribution < -0.4 is 0 Å². The lowest BCUT2D eigenvalue weighted by Crippen LogP contribution is -2.50. The third kappa shape index (κ3) is 2.46. The average Bonchev–Trinajstić information content (AvgIpc) is 2.65. The molecular weight excluding hydrogens is 210 g/mol. The topological polar surface area (TPSA) is 40.5 Å². The summed E-state index contributed by atoms with van der Waals surface area (Å²) in [6.07, 6.45) is 3.43. The predicted molar refractivity (Wildman–Crippen MR) is 60.5 cm³/mol. The van der Waals surface area contributed by atoms with Crippen LogP contribution in [0.4, 0.5) is 0 Å². The molecule has 0 radical (unpaired) electrons. The first kappa shape index (κ1) is 10.4. The fourth-order valence-corrected chi connectivity index (χ4v) is 2.13. The Morgan fingerprint density at radius 1 is 1.67 bits per heavy atom. The Morgan fingerprint density at radius 2 is 2.47 bits per heavy atom. The lowest BCUT2D eigenvalue weighted by atomic mass is 10.0. The maximum absolute atomic E-state index is 11.5. The van der Waals surface area contributed by atoms with Gasteiger partial charge in [0, 0.05) is 36.6 Å².